The van der Waals surface area contributed by atoms with Crippen LogP contribution in [0.5, 0.6) is 5.75 Å². The molecule has 0 unspecified atom stereocenters. The van der Waals surface area contributed by atoms with Crippen LogP contribution in [0.15, 0.2) is 40.9 Å². The number of aromatic nitrogens is 3. The Balaban J connectivity index is 2.04. The summed E-state index contributed by atoms with van der Waals surface area (Å²) in [7, 11) is 0. The summed E-state index contributed by atoms with van der Waals surface area (Å²) >= 11 is 0. The standard InChI is InChI=1S/C24H31N5O/c1-7-19(14-25-8-2)15-26-24-23-18(6)29(17(5)22(23)16(4)27-28-24)20-10-12-21(13-11-20)30-9-3/h7,10-14H,8-9,15H2,1-6H3,(H,26,28)/b19-7+,25-14-. The Kier molecular flexibility index (Phi) is 6.87. The Labute approximate surface area is 178 Å². The maximum absolute atomic E-state index is 5.59. The Morgan fingerprint density at radius 2 is 1.77 bits per heavy atom. The lowest BCUT2D eigenvalue weighted by molar-refractivity contribution is 0.340. The highest BCUT2D eigenvalue weighted by Crippen LogP contribution is 2.34. The van der Waals surface area contributed by atoms with Gasteiger partial charge in [-0.15, -0.1) is 5.10 Å². The highest BCUT2D eigenvalue weighted by molar-refractivity contribution is 5.98. The summed E-state index contributed by atoms with van der Waals surface area (Å²) in [6, 6.07) is 8.20. The maximum Gasteiger partial charge on any atom is 0.158 e. The van der Waals surface area contributed by atoms with Crippen molar-refractivity contribution in [2.24, 2.45) is 4.99 Å². The van der Waals surface area contributed by atoms with Crippen molar-refractivity contribution in [1.29, 1.82) is 0 Å². The van der Waals surface area contributed by atoms with Gasteiger partial charge in [-0.2, -0.15) is 5.10 Å². The third-order valence-electron chi connectivity index (χ3n) is 5.22. The number of nitrogens with zero attached hydrogens (tertiary/aromatic N) is 4. The highest BCUT2D eigenvalue weighted by atomic mass is 16.5. The minimum Gasteiger partial charge on any atom is -0.494 e. The van der Waals surface area contributed by atoms with Gasteiger partial charge in [-0.1, -0.05) is 6.08 Å². The van der Waals surface area contributed by atoms with E-state index in [1.54, 1.807) is 0 Å². The third-order valence-corrected chi connectivity index (χ3v) is 5.22. The number of aliphatic imine (C=N–C) groups is 1. The Morgan fingerprint density at radius 3 is 2.40 bits per heavy atom. The van der Waals surface area contributed by atoms with E-state index in [-0.39, 0.29) is 0 Å². The molecule has 0 fully saturated rings. The van der Waals surface area contributed by atoms with Crippen molar-refractivity contribution >= 4 is 22.8 Å². The molecule has 0 saturated heterocycles. The SMILES string of the molecule is C/C=C(\C=N/CC)CNc1nnc(C)c2c(C)n(-c3ccc(OCC)cc3)c(C)c12. The Morgan fingerprint density at radius 1 is 1.07 bits per heavy atom. The lowest BCUT2D eigenvalue weighted by atomic mass is 10.1. The van der Waals surface area contributed by atoms with Gasteiger partial charge in [-0.05, 0) is 71.4 Å². The van der Waals surface area contributed by atoms with Gasteiger partial charge in [-0.25, -0.2) is 0 Å². The number of anilines is 1. The fraction of sp³-hybridized carbons (Fsp3) is 0.375. The van der Waals surface area contributed by atoms with Gasteiger partial charge in [0.25, 0.3) is 0 Å². The minimum absolute atomic E-state index is 0.652. The fourth-order valence-corrected chi connectivity index (χ4v) is 3.78. The summed E-state index contributed by atoms with van der Waals surface area (Å²) in [6.07, 6.45) is 3.98. The van der Waals surface area contributed by atoms with E-state index in [4.69, 9.17) is 4.74 Å². The maximum atomic E-state index is 5.59. The predicted molar refractivity (Wildman–Crippen MR) is 126 cm³/mol. The molecule has 0 bridgehead atoms. The number of rotatable bonds is 8. The summed E-state index contributed by atoms with van der Waals surface area (Å²) in [4.78, 5) is 4.34. The van der Waals surface area contributed by atoms with E-state index >= 15 is 0 Å². The van der Waals surface area contributed by atoms with E-state index in [9.17, 15) is 0 Å². The average molecular weight is 406 g/mol. The van der Waals surface area contributed by atoms with Crippen molar-refractivity contribution in [3.63, 3.8) is 0 Å². The van der Waals surface area contributed by atoms with Gasteiger partial charge in [0, 0.05) is 47.2 Å². The zero-order chi connectivity index (χ0) is 21.7. The zero-order valence-electron chi connectivity index (χ0n) is 18.8. The van der Waals surface area contributed by atoms with Gasteiger partial charge >= 0.3 is 0 Å². The van der Waals surface area contributed by atoms with Crippen LogP contribution >= 0.6 is 0 Å². The first-order chi connectivity index (χ1) is 14.5. The molecule has 1 N–H and O–H groups in total. The number of aryl methyl sites for hydroxylation is 3. The van der Waals surface area contributed by atoms with Crippen LogP contribution in [0.4, 0.5) is 5.82 Å². The average Bonchev–Trinajstić information content (AvgIpc) is 3.02. The molecular weight excluding hydrogens is 374 g/mol. The van der Waals surface area contributed by atoms with Crippen LogP contribution in [0.25, 0.3) is 16.5 Å². The van der Waals surface area contributed by atoms with E-state index in [1.807, 2.05) is 46.0 Å². The first kappa shape index (κ1) is 21.6. The number of allylic oxidation sites excluding steroid dienone is 1. The second-order valence-electron chi connectivity index (χ2n) is 7.16. The topological polar surface area (TPSA) is 64.3 Å². The molecule has 0 radical (unpaired) electrons. The van der Waals surface area contributed by atoms with Crippen LogP contribution in [-0.2, 0) is 0 Å². The Bertz CT molecular complexity index is 1080. The zero-order valence-corrected chi connectivity index (χ0v) is 18.8. The lowest BCUT2D eigenvalue weighted by Crippen LogP contribution is -2.09. The monoisotopic (exact) mass is 405 g/mol. The van der Waals surface area contributed by atoms with Crippen LogP contribution in [0, 0.1) is 20.8 Å². The molecule has 0 atom stereocenters. The fourth-order valence-electron chi connectivity index (χ4n) is 3.78. The second kappa shape index (κ2) is 9.57. The van der Waals surface area contributed by atoms with Crippen molar-refractivity contribution in [1.82, 2.24) is 14.8 Å². The van der Waals surface area contributed by atoms with E-state index in [0.717, 1.165) is 57.2 Å². The third kappa shape index (κ3) is 4.22. The molecule has 0 saturated carbocycles. The smallest absolute Gasteiger partial charge is 0.158 e. The molecule has 0 aliphatic carbocycles. The van der Waals surface area contributed by atoms with E-state index < -0.39 is 0 Å². The largest absolute Gasteiger partial charge is 0.494 e. The van der Waals surface area contributed by atoms with Gasteiger partial charge in [0.15, 0.2) is 5.82 Å². The number of hydrogen-bond acceptors (Lipinski definition) is 5. The molecule has 6 nitrogen and oxygen atoms in total. The summed E-state index contributed by atoms with van der Waals surface area (Å²) in [5.41, 5.74) is 5.43. The molecule has 0 aliphatic rings. The van der Waals surface area contributed by atoms with Gasteiger partial charge in [0.05, 0.1) is 12.3 Å². The number of benzene rings is 1. The van der Waals surface area contributed by atoms with Crippen molar-refractivity contribution in [2.75, 3.05) is 25.0 Å². The van der Waals surface area contributed by atoms with E-state index in [2.05, 4.69) is 57.1 Å². The van der Waals surface area contributed by atoms with Gasteiger partial charge < -0.3 is 14.6 Å². The molecule has 0 aliphatic heterocycles. The molecule has 3 aromatic rings. The number of hydrogen-bond donors (Lipinski definition) is 1. The number of fused-ring (bicyclic) bond motifs is 1. The number of ether oxygens (including phenoxy) is 1. The summed E-state index contributed by atoms with van der Waals surface area (Å²) in [6.45, 7) is 14.4. The van der Waals surface area contributed by atoms with Crippen molar-refractivity contribution in [2.45, 2.75) is 41.5 Å². The van der Waals surface area contributed by atoms with Gasteiger partial charge in [0.2, 0.25) is 0 Å². The highest BCUT2D eigenvalue weighted by Gasteiger charge is 2.19. The summed E-state index contributed by atoms with van der Waals surface area (Å²) in [5.74, 6) is 1.67. The molecule has 0 amide bonds. The summed E-state index contributed by atoms with van der Waals surface area (Å²) in [5, 5.41) is 14.6. The van der Waals surface area contributed by atoms with Crippen LogP contribution in [-0.4, -0.2) is 40.7 Å². The molecule has 1 aromatic carbocycles. The molecule has 30 heavy (non-hydrogen) atoms. The van der Waals surface area contributed by atoms with Crippen LogP contribution in [0.3, 0.4) is 0 Å². The minimum atomic E-state index is 0.652. The van der Waals surface area contributed by atoms with E-state index in [1.165, 1.54) is 0 Å². The molecule has 6 heteroatoms. The van der Waals surface area contributed by atoms with Crippen LogP contribution < -0.4 is 10.1 Å². The van der Waals surface area contributed by atoms with Gasteiger partial charge in [-0.3, -0.25) is 4.99 Å². The first-order valence-electron chi connectivity index (χ1n) is 10.5. The molecule has 3 rings (SSSR count). The van der Waals surface area contributed by atoms with E-state index in [0.29, 0.717) is 13.2 Å². The summed E-state index contributed by atoms with van der Waals surface area (Å²) < 4.78 is 7.85. The molecule has 2 aromatic heterocycles. The lowest BCUT2D eigenvalue weighted by Gasteiger charge is -2.11. The Hall–Kier alpha value is -3.15. The molecule has 2 heterocycles. The van der Waals surface area contributed by atoms with Crippen molar-refractivity contribution in [3.8, 4) is 11.4 Å². The normalized spacial score (nSPS) is 12.1. The van der Waals surface area contributed by atoms with Gasteiger partial charge in [0.1, 0.15) is 5.75 Å². The second-order valence-corrected chi connectivity index (χ2v) is 7.16. The van der Waals surface area contributed by atoms with Crippen molar-refractivity contribution in [3.05, 3.63) is 53.0 Å². The molecular formula is C24H31N5O. The molecule has 0 spiro atoms. The predicted octanol–water partition coefficient (Wildman–Crippen LogP) is 5.19. The molecule has 158 valence electrons. The first-order valence-corrected chi connectivity index (χ1v) is 10.5. The van der Waals surface area contributed by atoms with Crippen LogP contribution in [0.1, 0.15) is 37.9 Å². The van der Waals surface area contributed by atoms with Crippen LogP contribution in [0.2, 0.25) is 0 Å². The van der Waals surface area contributed by atoms with Crippen molar-refractivity contribution < 1.29 is 4.74 Å². The quantitative estimate of drug-likeness (QED) is 0.524. The number of nitrogens with one attached hydrogen (secondary N) is 1.